The number of esters is 4. The lowest BCUT2D eigenvalue weighted by molar-refractivity contribution is -0.147. The molecule has 0 aromatic heterocycles. The molecule has 0 amide bonds. The number of hydrogen-bond acceptors (Lipinski definition) is 14. The van der Waals surface area contributed by atoms with Crippen molar-refractivity contribution in [3.05, 3.63) is 109 Å². The molecule has 14 nitrogen and oxygen atoms in total. The number of carbonyl (C=O) groups excluding carboxylic acids is 6. The molecule has 14 heteroatoms. The van der Waals surface area contributed by atoms with Crippen molar-refractivity contribution in [2.45, 2.75) is 36.6 Å². The summed E-state index contributed by atoms with van der Waals surface area (Å²) in [5, 5.41) is 0. The van der Waals surface area contributed by atoms with Crippen LogP contribution < -0.4 is 18.9 Å². The summed E-state index contributed by atoms with van der Waals surface area (Å²) in [6.07, 6.45) is -0.460. The molecule has 0 heterocycles. The van der Waals surface area contributed by atoms with Crippen molar-refractivity contribution in [1.29, 1.82) is 0 Å². The van der Waals surface area contributed by atoms with Crippen molar-refractivity contribution in [2.24, 2.45) is 0 Å². The minimum atomic E-state index is -1.13. The number of rotatable bonds is 12. The summed E-state index contributed by atoms with van der Waals surface area (Å²) >= 11 is 0. The summed E-state index contributed by atoms with van der Waals surface area (Å²) in [6, 6.07) is 15.1. The second-order valence-corrected chi connectivity index (χ2v) is 8.32. The predicted octanol–water partition coefficient (Wildman–Crippen LogP) is 7.38. The molecule has 0 fully saturated rings. The molecule has 0 aliphatic heterocycles. The molecular formula is C35H40O14. The Hall–Kier alpha value is -6.44. The minimum Gasteiger partial charge on any atom is -0.425 e. The molecule has 0 N–H and O–H groups in total. The Morgan fingerprint density at radius 1 is 0.531 bits per heavy atom. The molecule has 0 saturated heterocycles. The SMILES string of the molecule is C.C.C.C.C=CC(=O)OCOC(=O)Oc1ccc(C(=O)Oc2ccc(OC(=O)c3ccc(OC(=O)OCOC(=O)C=C)cc3)c(C)c2)cc1. The van der Waals surface area contributed by atoms with E-state index in [1.807, 2.05) is 0 Å². The van der Waals surface area contributed by atoms with E-state index in [1.165, 1.54) is 66.7 Å². The lowest BCUT2D eigenvalue weighted by Crippen LogP contribution is -2.15. The lowest BCUT2D eigenvalue weighted by Gasteiger charge is -2.11. The van der Waals surface area contributed by atoms with E-state index in [0.717, 1.165) is 12.2 Å². The van der Waals surface area contributed by atoms with Crippen LogP contribution in [0.1, 0.15) is 56.0 Å². The first kappa shape index (κ1) is 44.7. The quantitative estimate of drug-likeness (QED) is 0.0607. The van der Waals surface area contributed by atoms with Gasteiger partial charge in [-0.25, -0.2) is 28.8 Å². The topological polar surface area (TPSA) is 176 Å². The summed E-state index contributed by atoms with van der Waals surface area (Å²) < 4.78 is 38.8. The summed E-state index contributed by atoms with van der Waals surface area (Å²) in [5.74, 6) is -2.49. The fourth-order valence-electron chi connectivity index (χ4n) is 3.08. The molecule has 0 saturated carbocycles. The summed E-state index contributed by atoms with van der Waals surface area (Å²) in [4.78, 5) is 70.3. The van der Waals surface area contributed by atoms with Crippen molar-refractivity contribution in [3.8, 4) is 23.0 Å². The van der Waals surface area contributed by atoms with E-state index >= 15 is 0 Å². The van der Waals surface area contributed by atoms with Gasteiger partial charge >= 0.3 is 36.2 Å². The highest BCUT2D eigenvalue weighted by atomic mass is 16.8. The van der Waals surface area contributed by atoms with Gasteiger partial charge in [-0.05, 0) is 79.2 Å². The van der Waals surface area contributed by atoms with Gasteiger partial charge in [0.1, 0.15) is 23.0 Å². The van der Waals surface area contributed by atoms with Gasteiger partial charge in [0, 0.05) is 12.2 Å². The van der Waals surface area contributed by atoms with Crippen LogP contribution in [-0.2, 0) is 28.5 Å². The van der Waals surface area contributed by atoms with E-state index < -0.39 is 49.8 Å². The maximum absolute atomic E-state index is 12.6. The third-order valence-corrected chi connectivity index (χ3v) is 5.23. The number of aryl methyl sites for hydroxylation is 1. The van der Waals surface area contributed by atoms with Crippen LogP contribution in [0.25, 0.3) is 0 Å². The number of hydrogen-bond donors (Lipinski definition) is 0. The minimum absolute atomic E-state index is 0. The smallest absolute Gasteiger partial charge is 0.425 e. The summed E-state index contributed by atoms with van der Waals surface area (Å²) in [7, 11) is 0. The van der Waals surface area contributed by atoms with Gasteiger partial charge in [-0.3, -0.25) is 0 Å². The van der Waals surface area contributed by atoms with Crippen molar-refractivity contribution in [3.63, 3.8) is 0 Å². The molecule has 0 atom stereocenters. The molecule has 3 rings (SSSR count). The maximum Gasteiger partial charge on any atom is 0.516 e. The third kappa shape index (κ3) is 14.7. The van der Waals surface area contributed by atoms with Crippen molar-refractivity contribution in [1.82, 2.24) is 0 Å². The predicted molar refractivity (Wildman–Crippen MR) is 177 cm³/mol. The fourth-order valence-corrected chi connectivity index (χ4v) is 3.08. The lowest BCUT2D eigenvalue weighted by atomic mass is 10.2. The highest BCUT2D eigenvalue weighted by Crippen LogP contribution is 2.26. The zero-order chi connectivity index (χ0) is 32.8. The van der Waals surface area contributed by atoms with Crippen molar-refractivity contribution < 1.29 is 66.7 Å². The average molecular weight is 685 g/mol. The number of benzene rings is 3. The van der Waals surface area contributed by atoms with E-state index in [4.69, 9.17) is 18.9 Å². The van der Waals surface area contributed by atoms with Gasteiger partial charge in [-0.15, -0.1) is 0 Å². The largest absolute Gasteiger partial charge is 0.516 e. The van der Waals surface area contributed by atoms with Gasteiger partial charge in [0.2, 0.25) is 13.6 Å². The molecular weight excluding hydrogens is 644 g/mol. The fraction of sp³-hybridized carbons (Fsp3) is 0.200. The Labute approximate surface area is 284 Å². The molecule has 3 aromatic carbocycles. The normalized spacial score (nSPS) is 9.08. The van der Waals surface area contributed by atoms with Crippen molar-refractivity contribution >= 4 is 36.2 Å². The molecule has 0 bridgehead atoms. The summed E-state index contributed by atoms with van der Waals surface area (Å²) in [6.45, 7) is 6.71. The van der Waals surface area contributed by atoms with Crippen LogP contribution in [0.3, 0.4) is 0 Å². The molecule has 0 unspecified atom stereocenters. The Bertz CT molecular complexity index is 1590. The van der Waals surface area contributed by atoms with Gasteiger partial charge in [0.25, 0.3) is 0 Å². The Morgan fingerprint density at radius 2 is 0.918 bits per heavy atom. The molecule has 0 radical (unpaired) electrons. The zero-order valence-electron chi connectivity index (χ0n) is 23.5. The van der Waals surface area contributed by atoms with E-state index in [-0.39, 0.29) is 63.8 Å². The van der Waals surface area contributed by atoms with E-state index in [0.29, 0.717) is 5.56 Å². The van der Waals surface area contributed by atoms with Crippen molar-refractivity contribution in [2.75, 3.05) is 13.6 Å². The second-order valence-electron chi connectivity index (χ2n) is 8.32. The van der Waals surface area contributed by atoms with Crippen LogP contribution in [0.2, 0.25) is 0 Å². The summed E-state index contributed by atoms with van der Waals surface area (Å²) in [5.41, 5.74) is 0.762. The Balaban J connectivity index is 0. The number of carbonyl (C=O) groups is 6. The van der Waals surface area contributed by atoms with Crippen LogP contribution in [0.4, 0.5) is 9.59 Å². The van der Waals surface area contributed by atoms with Gasteiger partial charge in [-0.2, -0.15) is 0 Å². The van der Waals surface area contributed by atoms with Crippen LogP contribution in [0.15, 0.2) is 92.0 Å². The van der Waals surface area contributed by atoms with Gasteiger partial charge in [0.05, 0.1) is 11.1 Å². The molecule has 0 spiro atoms. The first-order valence-electron chi connectivity index (χ1n) is 12.6. The Kier molecular flexibility index (Phi) is 20.2. The van der Waals surface area contributed by atoms with Crippen LogP contribution in [0.5, 0.6) is 23.0 Å². The molecule has 49 heavy (non-hydrogen) atoms. The van der Waals surface area contributed by atoms with Crippen LogP contribution in [-0.4, -0.2) is 49.8 Å². The first-order valence-corrected chi connectivity index (χ1v) is 12.6. The zero-order valence-corrected chi connectivity index (χ0v) is 23.5. The highest BCUT2D eigenvalue weighted by Gasteiger charge is 2.15. The average Bonchev–Trinajstić information content (AvgIpc) is 3.02. The van der Waals surface area contributed by atoms with Crippen LogP contribution in [0, 0.1) is 6.92 Å². The molecule has 0 aliphatic carbocycles. The first-order chi connectivity index (χ1) is 21.6. The van der Waals surface area contributed by atoms with E-state index in [2.05, 4.69) is 32.1 Å². The molecule has 3 aromatic rings. The monoisotopic (exact) mass is 684 g/mol. The van der Waals surface area contributed by atoms with Gasteiger partial charge in [-0.1, -0.05) is 42.9 Å². The standard InChI is InChI=1S/C31H24O14.4CH4/c1-4-26(32)38-17-40-30(36)43-22-10-6-20(7-11-22)28(34)42-24-14-15-25(19(3)16-24)45-29(35)21-8-12-23(13-9-21)44-31(37)41-18-39-27(33)5-2;;;;/h4-16H,1-2,17-18H2,3H3;4*1H4. The maximum atomic E-state index is 12.6. The third-order valence-electron chi connectivity index (χ3n) is 5.23. The van der Waals surface area contributed by atoms with E-state index in [9.17, 15) is 28.8 Å². The number of ether oxygens (including phenoxy) is 8. The van der Waals surface area contributed by atoms with E-state index in [1.54, 1.807) is 6.92 Å². The molecule has 264 valence electrons. The Morgan fingerprint density at radius 3 is 1.31 bits per heavy atom. The second kappa shape index (κ2) is 22.1. The van der Waals surface area contributed by atoms with Crippen LogP contribution >= 0.6 is 0 Å². The van der Waals surface area contributed by atoms with Gasteiger partial charge in [0.15, 0.2) is 0 Å². The highest BCUT2D eigenvalue weighted by molar-refractivity contribution is 5.92. The van der Waals surface area contributed by atoms with Gasteiger partial charge < -0.3 is 37.9 Å². The molecule has 0 aliphatic rings.